The van der Waals surface area contributed by atoms with Gasteiger partial charge in [-0.05, 0) is 30.7 Å². The maximum Gasteiger partial charge on any atom is 0.310 e. The number of esters is 1. The Morgan fingerprint density at radius 3 is 2.61 bits per heavy atom. The van der Waals surface area contributed by atoms with E-state index in [-0.39, 0.29) is 24.3 Å². The Bertz CT molecular complexity index is 732. The molecule has 0 amide bonds. The van der Waals surface area contributed by atoms with Gasteiger partial charge in [0.1, 0.15) is 23.9 Å². The zero-order chi connectivity index (χ0) is 17.0. The van der Waals surface area contributed by atoms with Crippen molar-refractivity contribution in [1.82, 2.24) is 0 Å². The number of halogens is 3. The van der Waals surface area contributed by atoms with E-state index in [0.29, 0.717) is 15.8 Å². The third-order valence-electron chi connectivity index (χ3n) is 3.17. The average molecular weight is 357 g/mol. The predicted molar refractivity (Wildman–Crippen MR) is 87.9 cm³/mol. The first-order chi connectivity index (χ1) is 10.9. The van der Waals surface area contributed by atoms with E-state index < -0.39 is 11.8 Å². The summed E-state index contributed by atoms with van der Waals surface area (Å²) in [6.07, 6.45) is 0.191. The first-order valence-corrected chi connectivity index (χ1v) is 7.74. The fourth-order valence-electron chi connectivity index (χ4n) is 1.86. The van der Waals surface area contributed by atoms with E-state index in [0.717, 1.165) is 5.56 Å². The van der Waals surface area contributed by atoms with Crippen molar-refractivity contribution in [3.63, 3.8) is 0 Å². The molecule has 3 nitrogen and oxygen atoms in total. The van der Waals surface area contributed by atoms with Crippen LogP contribution in [0.3, 0.4) is 0 Å². The highest BCUT2D eigenvalue weighted by molar-refractivity contribution is 6.34. The lowest BCUT2D eigenvalue weighted by Crippen LogP contribution is -2.10. The lowest BCUT2D eigenvalue weighted by Gasteiger charge is -2.13. The van der Waals surface area contributed by atoms with Crippen LogP contribution in [-0.2, 0) is 11.4 Å². The number of carbonyl (C=O) groups is 1. The summed E-state index contributed by atoms with van der Waals surface area (Å²) < 4.78 is 24.7. The van der Waals surface area contributed by atoms with Crippen LogP contribution in [-0.4, -0.2) is 5.97 Å². The molecule has 0 saturated heterocycles. The van der Waals surface area contributed by atoms with Gasteiger partial charge in [0.15, 0.2) is 0 Å². The third kappa shape index (κ3) is 4.36. The quantitative estimate of drug-likeness (QED) is 0.536. The van der Waals surface area contributed by atoms with Crippen LogP contribution in [0, 0.1) is 12.7 Å². The maximum absolute atomic E-state index is 14.0. The monoisotopic (exact) mass is 356 g/mol. The molecule has 0 aromatic heterocycles. The molecule has 0 spiro atoms. The summed E-state index contributed by atoms with van der Waals surface area (Å²) in [7, 11) is 0. The molecule has 0 aliphatic carbocycles. The highest BCUT2D eigenvalue weighted by atomic mass is 35.5. The van der Waals surface area contributed by atoms with E-state index in [2.05, 4.69) is 0 Å². The Morgan fingerprint density at radius 2 is 1.91 bits per heavy atom. The van der Waals surface area contributed by atoms with Gasteiger partial charge >= 0.3 is 5.97 Å². The van der Waals surface area contributed by atoms with Crippen molar-refractivity contribution in [3.05, 3.63) is 57.3 Å². The van der Waals surface area contributed by atoms with Gasteiger partial charge in [-0.3, -0.25) is 4.79 Å². The molecule has 23 heavy (non-hydrogen) atoms. The molecule has 0 N–H and O–H groups in total. The third-order valence-corrected chi connectivity index (χ3v) is 3.88. The molecule has 2 aromatic rings. The molecule has 0 radical (unpaired) electrons. The van der Waals surface area contributed by atoms with Crippen molar-refractivity contribution in [1.29, 1.82) is 0 Å². The number of rotatable bonds is 5. The van der Waals surface area contributed by atoms with Gasteiger partial charge in [-0.15, -0.1) is 0 Å². The van der Waals surface area contributed by atoms with Crippen molar-refractivity contribution in [3.8, 4) is 11.5 Å². The van der Waals surface area contributed by atoms with Gasteiger partial charge in [0, 0.05) is 17.5 Å². The van der Waals surface area contributed by atoms with Crippen LogP contribution in [0.15, 0.2) is 30.3 Å². The molecule has 0 saturated carbocycles. The summed E-state index contributed by atoms with van der Waals surface area (Å²) in [5, 5.41) is 0.867. The molecule has 0 heterocycles. The zero-order valence-electron chi connectivity index (χ0n) is 12.7. The minimum atomic E-state index is -0.527. The largest absolute Gasteiger partial charge is 0.487 e. The smallest absolute Gasteiger partial charge is 0.310 e. The molecule has 2 aromatic carbocycles. The van der Waals surface area contributed by atoms with Crippen molar-refractivity contribution < 1.29 is 18.7 Å². The molecule has 0 aliphatic heterocycles. The van der Waals surface area contributed by atoms with Gasteiger partial charge in [-0.1, -0.05) is 36.2 Å². The van der Waals surface area contributed by atoms with Gasteiger partial charge in [0.2, 0.25) is 0 Å². The molecule has 2 rings (SSSR count). The van der Waals surface area contributed by atoms with E-state index in [1.54, 1.807) is 19.1 Å². The lowest BCUT2D eigenvalue weighted by atomic mass is 10.2. The van der Waals surface area contributed by atoms with Gasteiger partial charge in [-0.2, -0.15) is 0 Å². The zero-order valence-corrected chi connectivity index (χ0v) is 14.2. The molecule has 6 heteroatoms. The minimum absolute atomic E-state index is 0.131. The van der Waals surface area contributed by atoms with Crippen molar-refractivity contribution >= 4 is 29.2 Å². The number of carbonyl (C=O) groups excluding carboxylic acids is 1. The first kappa shape index (κ1) is 17.6. The molecule has 0 bridgehead atoms. The summed E-state index contributed by atoms with van der Waals surface area (Å²) in [5.41, 5.74) is 0.953. The van der Waals surface area contributed by atoms with E-state index in [9.17, 15) is 9.18 Å². The van der Waals surface area contributed by atoms with Crippen LogP contribution >= 0.6 is 23.2 Å². The van der Waals surface area contributed by atoms with Crippen LogP contribution in [0.25, 0.3) is 0 Å². The summed E-state index contributed by atoms with van der Waals surface area (Å²) in [6.45, 7) is 3.33. The van der Waals surface area contributed by atoms with E-state index in [4.69, 9.17) is 32.7 Å². The highest BCUT2D eigenvalue weighted by Gasteiger charge is 2.14. The Morgan fingerprint density at radius 1 is 1.17 bits per heavy atom. The van der Waals surface area contributed by atoms with Crippen molar-refractivity contribution in [2.45, 2.75) is 26.9 Å². The number of aryl methyl sites for hydroxylation is 1. The van der Waals surface area contributed by atoms with Crippen molar-refractivity contribution in [2.24, 2.45) is 0 Å². The number of hydrogen-bond acceptors (Lipinski definition) is 3. The van der Waals surface area contributed by atoms with Crippen molar-refractivity contribution in [2.75, 3.05) is 0 Å². The summed E-state index contributed by atoms with van der Waals surface area (Å²) >= 11 is 12.1. The van der Waals surface area contributed by atoms with Crippen LogP contribution < -0.4 is 9.47 Å². The molecular formula is C17H15Cl2FO3. The SMILES string of the molecule is CCC(=O)Oc1cccc(F)c1COc1cc(Cl)c(C)cc1Cl. The van der Waals surface area contributed by atoms with Gasteiger partial charge in [-0.25, -0.2) is 4.39 Å². The Balaban J connectivity index is 2.23. The summed E-state index contributed by atoms with van der Waals surface area (Å²) in [5.74, 6) is -0.515. The maximum atomic E-state index is 14.0. The predicted octanol–water partition coefficient (Wildman–Crippen LogP) is 5.34. The summed E-state index contributed by atoms with van der Waals surface area (Å²) in [4.78, 5) is 11.4. The number of ether oxygens (including phenoxy) is 2. The van der Waals surface area contributed by atoms with E-state index in [1.165, 1.54) is 18.2 Å². The normalized spacial score (nSPS) is 10.5. The topological polar surface area (TPSA) is 35.5 Å². The Labute approximate surface area is 143 Å². The van der Waals surface area contributed by atoms with Gasteiger partial charge < -0.3 is 9.47 Å². The second-order valence-electron chi connectivity index (χ2n) is 4.86. The second-order valence-corrected chi connectivity index (χ2v) is 5.68. The molecule has 0 atom stereocenters. The Hall–Kier alpha value is -1.78. The molecular weight excluding hydrogens is 342 g/mol. The Kier molecular flexibility index (Phi) is 5.85. The molecule has 0 fully saturated rings. The highest BCUT2D eigenvalue weighted by Crippen LogP contribution is 2.32. The van der Waals surface area contributed by atoms with Gasteiger partial charge in [0.25, 0.3) is 0 Å². The fourth-order valence-corrected chi connectivity index (χ4v) is 2.28. The average Bonchev–Trinajstić information content (AvgIpc) is 2.51. The van der Waals surface area contributed by atoms with Crippen LogP contribution in [0.1, 0.15) is 24.5 Å². The number of benzene rings is 2. The first-order valence-electron chi connectivity index (χ1n) is 6.99. The van der Waals surface area contributed by atoms with Crippen LogP contribution in [0.4, 0.5) is 4.39 Å². The summed E-state index contributed by atoms with van der Waals surface area (Å²) in [6, 6.07) is 7.48. The molecule has 122 valence electrons. The van der Waals surface area contributed by atoms with E-state index >= 15 is 0 Å². The van der Waals surface area contributed by atoms with E-state index in [1.807, 2.05) is 6.92 Å². The second kappa shape index (κ2) is 7.66. The fraction of sp³-hybridized carbons (Fsp3) is 0.235. The standard InChI is InChI=1S/C17H15Cl2FO3/c1-3-17(21)23-15-6-4-5-14(20)11(15)9-22-16-8-12(18)10(2)7-13(16)19/h4-8H,3,9H2,1-2H3. The number of hydrogen-bond donors (Lipinski definition) is 0. The molecule has 0 unspecified atom stereocenters. The molecule has 0 aliphatic rings. The van der Waals surface area contributed by atoms with Gasteiger partial charge in [0.05, 0.1) is 10.6 Å². The van der Waals surface area contributed by atoms with Crippen LogP contribution in [0.5, 0.6) is 11.5 Å². The lowest BCUT2D eigenvalue weighted by molar-refractivity contribution is -0.134. The minimum Gasteiger partial charge on any atom is -0.487 e. The van der Waals surface area contributed by atoms with Crippen LogP contribution in [0.2, 0.25) is 10.0 Å².